The zero-order valence-corrected chi connectivity index (χ0v) is 17.8. The maximum atomic E-state index is 13.9. The third-order valence-electron chi connectivity index (χ3n) is 3.93. The number of benzene rings is 2. The molecule has 0 bridgehead atoms. The van der Waals surface area contributed by atoms with Gasteiger partial charge in [0.25, 0.3) is 0 Å². The first-order valence-electron chi connectivity index (χ1n) is 8.77. The van der Waals surface area contributed by atoms with Crippen molar-refractivity contribution in [3.63, 3.8) is 0 Å². The van der Waals surface area contributed by atoms with Crippen LogP contribution in [-0.4, -0.2) is 26.9 Å². The summed E-state index contributed by atoms with van der Waals surface area (Å²) in [5.41, 5.74) is 1.36. The summed E-state index contributed by atoms with van der Waals surface area (Å²) in [6.45, 7) is 5.03. The van der Waals surface area contributed by atoms with Gasteiger partial charge in [-0.3, -0.25) is 0 Å². The number of hydrogen-bond donors (Lipinski definition) is 1. The van der Waals surface area contributed by atoms with Crippen molar-refractivity contribution in [1.29, 1.82) is 0 Å². The highest BCUT2D eigenvalue weighted by molar-refractivity contribution is 9.10. The summed E-state index contributed by atoms with van der Waals surface area (Å²) in [6.07, 6.45) is 0.952. The molecule has 0 unspecified atom stereocenters. The van der Waals surface area contributed by atoms with Crippen molar-refractivity contribution >= 4 is 27.5 Å². The Morgan fingerprint density at radius 2 is 2.04 bits per heavy atom. The molecule has 0 aliphatic carbocycles. The van der Waals surface area contributed by atoms with Crippen LogP contribution in [-0.2, 0) is 17.9 Å². The van der Waals surface area contributed by atoms with Crippen LogP contribution in [0.5, 0.6) is 11.5 Å². The van der Waals surface area contributed by atoms with Gasteiger partial charge in [-0.1, -0.05) is 33.6 Å². The Hall–Kier alpha value is -1.34. The smallest absolute Gasteiger partial charge is 0.162 e. The molecule has 2 rings (SSSR count). The van der Waals surface area contributed by atoms with E-state index in [0.29, 0.717) is 28.6 Å². The Kier molecular flexibility index (Phi) is 9.34. The lowest BCUT2D eigenvalue weighted by molar-refractivity contribution is 0.144. The fourth-order valence-corrected chi connectivity index (χ4v) is 3.15. The summed E-state index contributed by atoms with van der Waals surface area (Å²) in [6, 6.07) is 8.28. The quantitative estimate of drug-likeness (QED) is 0.459. The van der Waals surface area contributed by atoms with Crippen LogP contribution in [0.2, 0.25) is 5.02 Å². The molecule has 0 heterocycles. The van der Waals surface area contributed by atoms with Gasteiger partial charge in [-0.25, -0.2) is 4.39 Å². The van der Waals surface area contributed by atoms with Crippen LogP contribution in [0, 0.1) is 5.82 Å². The Bertz CT molecular complexity index is 725. The second-order valence-corrected chi connectivity index (χ2v) is 7.07. The summed E-state index contributed by atoms with van der Waals surface area (Å²) in [7, 11) is 1.57. The number of rotatable bonds is 11. The average molecular weight is 461 g/mol. The van der Waals surface area contributed by atoms with Gasteiger partial charge in [0.05, 0.1) is 12.1 Å². The fourth-order valence-electron chi connectivity index (χ4n) is 2.47. The Labute approximate surface area is 173 Å². The molecule has 0 spiro atoms. The van der Waals surface area contributed by atoms with Crippen molar-refractivity contribution in [1.82, 2.24) is 5.32 Å². The topological polar surface area (TPSA) is 39.7 Å². The summed E-state index contributed by atoms with van der Waals surface area (Å²) in [5, 5.41) is 3.71. The molecule has 0 fully saturated rings. The third-order valence-corrected chi connectivity index (χ3v) is 5.02. The van der Waals surface area contributed by atoms with Gasteiger partial charge < -0.3 is 19.5 Å². The van der Waals surface area contributed by atoms with Gasteiger partial charge >= 0.3 is 0 Å². The molecular formula is C20H24BrClFNO3. The van der Waals surface area contributed by atoms with E-state index < -0.39 is 5.82 Å². The van der Waals surface area contributed by atoms with Crippen molar-refractivity contribution in [3.05, 3.63) is 56.8 Å². The van der Waals surface area contributed by atoms with E-state index in [4.69, 9.17) is 25.8 Å². The molecule has 0 amide bonds. The molecule has 0 radical (unpaired) electrons. The Morgan fingerprint density at radius 3 is 2.74 bits per heavy atom. The van der Waals surface area contributed by atoms with E-state index in [2.05, 4.69) is 21.2 Å². The van der Waals surface area contributed by atoms with Crippen LogP contribution in [0.3, 0.4) is 0 Å². The normalized spacial score (nSPS) is 10.9. The highest BCUT2D eigenvalue weighted by Gasteiger charge is 2.13. The van der Waals surface area contributed by atoms with E-state index >= 15 is 0 Å². The van der Waals surface area contributed by atoms with Crippen LogP contribution in [0.4, 0.5) is 4.39 Å². The summed E-state index contributed by atoms with van der Waals surface area (Å²) < 4.78 is 31.3. The molecule has 27 heavy (non-hydrogen) atoms. The third kappa shape index (κ3) is 6.64. The highest BCUT2D eigenvalue weighted by atomic mass is 79.9. The van der Waals surface area contributed by atoms with Gasteiger partial charge in [-0.2, -0.15) is 0 Å². The predicted octanol–water partition coefficient (Wildman–Crippen LogP) is 5.35. The van der Waals surface area contributed by atoms with Crippen LogP contribution in [0.1, 0.15) is 24.5 Å². The first-order chi connectivity index (χ1) is 13.1. The minimum atomic E-state index is -0.395. The molecule has 0 aliphatic heterocycles. The van der Waals surface area contributed by atoms with Gasteiger partial charge in [-0.05, 0) is 49.7 Å². The molecule has 2 aromatic carbocycles. The number of methoxy groups -OCH3 is 1. The molecule has 0 aromatic heterocycles. The molecule has 2 aromatic rings. The number of hydrogen-bond acceptors (Lipinski definition) is 4. The molecular weight excluding hydrogens is 437 g/mol. The van der Waals surface area contributed by atoms with E-state index in [9.17, 15) is 4.39 Å². The van der Waals surface area contributed by atoms with Crippen LogP contribution >= 0.6 is 27.5 Å². The van der Waals surface area contributed by atoms with E-state index in [1.54, 1.807) is 19.2 Å². The van der Waals surface area contributed by atoms with E-state index in [1.807, 2.05) is 19.1 Å². The second kappa shape index (κ2) is 11.5. The predicted molar refractivity (Wildman–Crippen MR) is 109 cm³/mol. The lowest BCUT2D eigenvalue weighted by Crippen LogP contribution is -2.16. The minimum Gasteiger partial charge on any atom is -0.493 e. The standard InChI is InChI=1S/C20H24BrClFNO3/c1-3-26-9-5-8-24-12-14-10-19(25-2)20(11-16(14)21)27-13-15-17(22)6-4-7-18(15)23/h4,6-7,10-11,24H,3,5,8-9,12-13H2,1-2H3. The maximum Gasteiger partial charge on any atom is 0.162 e. The Balaban J connectivity index is 2.00. The van der Waals surface area contributed by atoms with Crippen molar-refractivity contribution in [2.24, 2.45) is 0 Å². The molecule has 0 aliphatic rings. The second-order valence-electron chi connectivity index (χ2n) is 5.81. The molecule has 4 nitrogen and oxygen atoms in total. The van der Waals surface area contributed by atoms with Gasteiger partial charge in [0, 0.05) is 29.8 Å². The van der Waals surface area contributed by atoms with Crippen molar-refractivity contribution in [2.75, 3.05) is 26.9 Å². The van der Waals surface area contributed by atoms with Gasteiger partial charge in [-0.15, -0.1) is 0 Å². The first kappa shape index (κ1) is 22.0. The van der Waals surface area contributed by atoms with E-state index in [-0.39, 0.29) is 6.61 Å². The molecule has 0 saturated heterocycles. The Morgan fingerprint density at radius 1 is 1.22 bits per heavy atom. The van der Waals surface area contributed by atoms with Gasteiger partial charge in [0.1, 0.15) is 12.4 Å². The van der Waals surface area contributed by atoms with Crippen LogP contribution < -0.4 is 14.8 Å². The maximum absolute atomic E-state index is 13.9. The molecule has 1 N–H and O–H groups in total. The summed E-state index contributed by atoms with van der Waals surface area (Å²) in [4.78, 5) is 0. The van der Waals surface area contributed by atoms with E-state index in [1.165, 1.54) is 6.07 Å². The largest absolute Gasteiger partial charge is 0.493 e. The zero-order chi connectivity index (χ0) is 19.6. The number of ether oxygens (including phenoxy) is 3. The van der Waals surface area contributed by atoms with Crippen LogP contribution in [0.25, 0.3) is 0 Å². The van der Waals surface area contributed by atoms with Gasteiger partial charge in [0.15, 0.2) is 11.5 Å². The zero-order valence-electron chi connectivity index (χ0n) is 15.5. The van der Waals surface area contributed by atoms with Gasteiger partial charge in [0.2, 0.25) is 0 Å². The fraction of sp³-hybridized carbons (Fsp3) is 0.400. The number of halogens is 3. The van der Waals surface area contributed by atoms with Crippen LogP contribution in [0.15, 0.2) is 34.8 Å². The monoisotopic (exact) mass is 459 g/mol. The molecule has 0 saturated carbocycles. The summed E-state index contributed by atoms with van der Waals surface area (Å²) >= 11 is 9.61. The van der Waals surface area contributed by atoms with Crippen molar-refractivity contribution < 1.29 is 18.6 Å². The first-order valence-corrected chi connectivity index (χ1v) is 9.94. The number of nitrogens with one attached hydrogen (secondary N) is 1. The average Bonchev–Trinajstić information content (AvgIpc) is 2.65. The lowest BCUT2D eigenvalue weighted by atomic mass is 10.2. The lowest BCUT2D eigenvalue weighted by Gasteiger charge is -2.15. The van der Waals surface area contributed by atoms with Crippen molar-refractivity contribution in [3.8, 4) is 11.5 Å². The SMILES string of the molecule is CCOCCCNCc1cc(OC)c(OCc2c(F)cccc2Cl)cc1Br. The van der Waals surface area contributed by atoms with E-state index in [0.717, 1.165) is 36.2 Å². The minimum absolute atomic E-state index is 0.0172. The molecule has 0 atom stereocenters. The summed E-state index contributed by atoms with van der Waals surface area (Å²) in [5.74, 6) is 0.703. The molecule has 7 heteroatoms. The highest BCUT2D eigenvalue weighted by Crippen LogP contribution is 2.34. The van der Waals surface area contributed by atoms with Crippen molar-refractivity contribution in [2.45, 2.75) is 26.5 Å². The molecule has 148 valence electrons.